The van der Waals surface area contributed by atoms with E-state index in [1.807, 2.05) is 0 Å². The van der Waals surface area contributed by atoms with Crippen molar-refractivity contribution < 1.29 is 14.7 Å². The number of nitrogens with zero attached hydrogens (tertiary/aromatic N) is 2. The SMILES string of the molecule is O=C(CCC1CCCC1)Nc1nccnc1C(=O)O. The second-order valence-corrected chi connectivity index (χ2v) is 4.80. The Morgan fingerprint density at radius 3 is 2.63 bits per heavy atom. The van der Waals surface area contributed by atoms with Crippen LogP contribution in [0.15, 0.2) is 12.4 Å². The Morgan fingerprint density at radius 2 is 1.95 bits per heavy atom. The molecule has 0 spiro atoms. The first-order valence-electron chi connectivity index (χ1n) is 6.51. The zero-order valence-corrected chi connectivity index (χ0v) is 10.6. The topological polar surface area (TPSA) is 92.2 Å². The summed E-state index contributed by atoms with van der Waals surface area (Å²) in [6.07, 6.45) is 8.79. The number of aromatic nitrogens is 2. The largest absolute Gasteiger partial charge is 0.476 e. The Morgan fingerprint density at radius 1 is 1.26 bits per heavy atom. The molecule has 6 nitrogen and oxygen atoms in total. The highest BCUT2D eigenvalue weighted by molar-refractivity contribution is 5.97. The number of anilines is 1. The Labute approximate surface area is 111 Å². The Kier molecular flexibility index (Phi) is 4.43. The standard InChI is InChI=1S/C13H17N3O3/c17-10(6-5-9-3-1-2-4-9)16-12-11(13(18)19)14-7-8-15-12/h7-9H,1-6H2,(H,18,19)(H,15,16,17). The summed E-state index contributed by atoms with van der Waals surface area (Å²) >= 11 is 0. The van der Waals surface area contributed by atoms with Gasteiger partial charge in [0, 0.05) is 18.8 Å². The molecule has 1 aromatic rings. The van der Waals surface area contributed by atoms with Crippen molar-refractivity contribution in [3.05, 3.63) is 18.1 Å². The average Bonchev–Trinajstić information content (AvgIpc) is 2.90. The fourth-order valence-electron chi connectivity index (χ4n) is 2.41. The van der Waals surface area contributed by atoms with E-state index in [0.29, 0.717) is 12.3 Å². The third-order valence-electron chi connectivity index (χ3n) is 3.41. The van der Waals surface area contributed by atoms with Crippen molar-refractivity contribution in [1.29, 1.82) is 0 Å². The molecule has 19 heavy (non-hydrogen) atoms. The van der Waals surface area contributed by atoms with Crippen LogP contribution in [0.1, 0.15) is 49.0 Å². The summed E-state index contributed by atoms with van der Waals surface area (Å²) in [7, 11) is 0. The quantitative estimate of drug-likeness (QED) is 0.848. The van der Waals surface area contributed by atoms with Crippen LogP contribution >= 0.6 is 0 Å². The van der Waals surface area contributed by atoms with Gasteiger partial charge in [-0.15, -0.1) is 0 Å². The zero-order chi connectivity index (χ0) is 13.7. The first kappa shape index (κ1) is 13.5. The van der Waals surface area contributed by atoms with E-state index in [2.05, 4.69) is 15.3 Å². The minimum absolute atomic E-state index is 0.0198. The molecule has 1 aromatic heterocycles. The number of hydrogen-bond acceptors (Lipinski definition) is 4. The van der Waals surface area contributed by atoms with E-state index in [1.165, 1.54) is 38.1 Å². The maximum Gasteiger partial charge on any atom is 0.358 e. The maximum absolute atomic E-state index is 11.8. The highest BCUT2D eigenvalue weighted by Gasteiger charge is 2.18. The number of rotatable bonds is 5. The van der Waals surface area contributed by atoms with Crippen molar-refractivity contribution in [2.24, 2.45) is 5.92 Å². The molecular weight excluding hydrogens is 246 g/mol. The van der Waals surface area contributed by atoms with Crippen LogP contribution in [0.4, 0.5) is 5.82 Å². The molecule has 1 saturated carbocycles. The number of amides is 1. The van der Waals surface area contributed by atoms with Crippen LogP contribution in [0.5, 0.6) is 0 Å². The molecule has 0 bridgehead atoms. The lowest BCUT2D eigenvalue weighted by Gasteiger charge is -2.09. The second-order valence-electron chi connectivity index (χ2n) is 4.80. The van der Waals surface area contributed by atoms with Crippen LogP contribution in [0.2, 0.25) is 0 Å². The van der Waals surface area contributed by atoms with E-state index in [1.54, 1.807) is 0 Å². The number of hydrogen-bond donors (Lipinski definition) is 2. The monoisotopic (exact) mass is 263 g/mol. The zero-order valence-electron chi connectivity index (χ0n) is 10.6. The highest BCUT2D eigenvalue weighted by atomic mass is 16.4. The van der Waals surface area contributed by atoms with Gasteiger partial charge in [-0.1, -0.05) is 25.7 Å². The minimum Gasteiger partial charge on any atom is -0.476 e. The van der Waals surface area contributed by atoms with Gasteiger partial charge in [-0.25, -0.2) is 14.8 Å². The number of carbonyl (C=O) groups is 2. The molecule has 2 rings (SSSR count). The van der Waals surface area contributed by atoms with Gasteiger partial charge in [0.05, 0.1) is 0 Å². The van der Waals surface area contributed by atoms with E-state index >= 15 is 0 Å². The Hall–Kier alpha value is -1.98. The molecule has 0 aromatic carbocycles. The molecule has 2 N–H and O–H groups in total. The molecule has 0 radical (unpaired) electrons. The summed E-state index contributed by atoms with van der Waals surface area (Å²) in [5.74, 6) is -0.743. The summed E-state index contributed by atoms with van der Waals surface area (Å²) in [5, 5.41) is 11.4. The smallest absolute Gasteiger partial charge is 0.358 e. The van der Waals surface area contributed by atoms with E-state index in [0.717, 1.165) is 6.42 Å². The van der Waals surface area contributed by atoms with E-state index in [-0.39, 0.29) is 17.4 Å². The van der Waals surface area contributed by atoms with Gasteiger partial charge in [0.1, 0.15) is 0 Å². The van der Waals surface area contributed by atoms with Gasteiger partial charge in [0.15, 0.2) is 11.5 Å². The normalized spacial score (nSPS) is 15.4. The molecule has 0 atom stereocenters. The van der Waals surface area contributed by atoms with Crippen LogP contribution in [-0.2, 0) is 4.79 Å². The van der Waals surface area contributed by atoms with Crippen molar-refractivity contribution in [3.8, 4) is 0 Å². The van der Waals surface area contributed by atoms with Crippen LogP contribution in [0.25, 0.3) is 0 Å². The van der Waals surface area contributed by atoms with Crippen molar-refractivity contribution in [1.82, 2.24) is 9.97 Å². The van der Waals surface area contributed by atoms with Crippen LogP contribution in [0.3, 0.4) is 0 Å². The summed E-state index contributed by atoms with van der Waals surface area (Å²) in [5.41, 5.74) is -0.225. The van der Waals surface area contributed by atoms with Crippen LogP contribution in [-0.4, -0.2) is 27.0 Å². The van der Waals surface area contributed by atoms with Gasteiger partial charge in [-0.05, 0) is 12.3 Å². The molecule has 0 unspecified atom stereocenters. The van der Waals surface area contributed by atoms with Crippen molar-refractivity contribution in [2.45, 2.75) is 38.5 Å². The summed E-state index contributed by atoms with van der Waals surface area (Å²) in [4.78, 5) is 30.2. The fourth-order valence-corrected chi connectivity index (χ4v) is 2.41. The molecule has 1 aliphatic rings. The summed E-state index contributed by atoms with van der Waals surface area (Å²) in [6.45, 7) is 0. The lowest BCUT2D eigenvalue weighted by atomic mass is 10.0. The molecule has 1 fully saturated rings. The average molecular weight is 263 g/mol. The van der Waals surface area contributed by atoms with Crippen LogP contribution < -0.4 is 5.32 Å². The number of carboxylic acid groups (broad SMARTS) is 1. The summed E-state index contributed by atoms with van der Waals surface area (Å²) < 4.78 is 0. The predicted molar refractivity (Wildman–Crippen MR) is 68.8 cm³/mol. The van der Waals surface area contributed by atoms with Crippen molar-refractivity contribution in [2.75, 3.05) is 5.32 Å². The molecule has 0 aliphatic heterocycles. The molecular formula is C13H17N3O3. The van der Waals surface area contributed by atoms with Gasteiger partial charge < -0.3 is 10.4 Å². The van der Waals surface area contributed by atoms with Gasteiger partial charge >= 0.3 is 5.97 Å². The molecule has 0 saturated heterocycles. The molecule has 1 amide bonds. The first-order valence-corrected chi connectivity index (χ1v) is 6.51. The van der Waals surface area contributed by atoms with Gasteiger partial charge in [0.25, 0.3) is 0 Å². The van der Waals surface area contributed by atoms with E-state index < -0.39 is 5.97 Å². The lowest BCUT2D eigenvalue weighted by molar-refractivity contribution is -0.116. The molecule has 1 aliphatic carbocycles. The number of nitrogens with one attached hydrogen (secondary N) is 1. The fraction of sp³-hybridized carbons (Fsp3) is 0.538. The number of aromatic carboxylic acids is 1. The minimum atomic E-state index is -1.20. The first-order chi connectivity index (χ1) is 9.16. The van der Waals surface area contributed by atoms with Gasteiger partial charge in [-0.2, -0.15) is 0 Å². The number of carbonyl (C=O) groups excluding carboxylic acids is 1. The maximum atomic E-state index is 11.8. The van der Waals surface area contributed by atoms with Gasteiger partial charge in [-0.3, -0.25) is 4.79 Å². The van der Waals surface area contributed by atoms with Crippen LogP contribution in [0, 0.1) is 5.92 Å². The molecule has 102 valence electrons. The summed E-state index contributed by atoms with van der Waals surface area (Å²) in [6, 6.07) is 0. The predicted octanol–water partition coefficient (Wildman–Crippen LogP) is 2.08. The molecule has 6 heteroatoms. The van der Waals surface area contributed by atoms with Crippen molar-refractivity contribution >= 4 is 17.7 Å². The third kappa shape index (κ3) is 3.74. The van der Waals surface area contributed by atoms with E-state index in [9.17, 15) is 9.59 Å². The third-order valence-corrected chi connectivity index (χ3v) is 3.41. The van der Waals surface area contributed by atoms with E-state index in [4.69, 9.17) is 5.11 Å². The Bertz CT molecular complexity index is 470. The second kappa shape index (κ2) is 6.26. The van der Waals surface area contributed by atoms with Crippen molar-refractivity contribution in [3.63, 3.8) is 0 Å². The lowest BCUT2D eigenvalue weighted by Crippen LogP contribution is -2.17. The highest BCUT2D eigenvalue weighted by Crippen LogP contribution is 2.28. The molecule has 1 heterocycles. The Balaban J connectivity index is 1.89. The number of carboxylic acids is 1. The van der Waals surface area contributed by atoms with Gasteiger partial charge in [0.2, 0.25) is 5.91 Å².